The summed E-state index contributed by atoms with van der Waals surface area (Å²) >= 11 is 0. The first kappa shape index (κ1) is 9.97. The van der Waals surface area contributed by atoms with Crippen molar-refractivity contribution in [2.24, 2.45) is 0 Å². The number of rotatable bonds is 3. The first-order valence-electron chi connectivity index (χ1n) is 5.41. The van der Waals surface area contributed by atoms with E-state index < -0.39 is 0 Å². The van der Waals surface area contributed by atoms with Crippen LogP contribution in [0.3, 0.4) is 0 Å². The normalized spacial score (nSPS) is 10.5. The number of benzene rings is 1. The van der Waals surface area contributed by atoms with E-state index in [4.69, 9.17) is 0 Å². The summed E-state index contributed by atoms with van der Waals surface area (Å²) < 4.78 is 0. The van der Waals surface area contributed by atoms with Gasteiger partial charge in [0.25, 0.3) is 0 Å². The van der Waals surface area contributed by atoms with Crippen LogP contribution in [-0.2, 0) is 0 Å². The van der Waals surface area contributed by atoms with Gasteiger partial charge in [0.1, 0.15) is 0 Å². The highest BCUT2D eigenvalue weighted by Crippen LogP contribution is 2.21. The number of nitrogens with zero attached hydrogens (tertiary/aromatic N) is 1. The van der Waals surface area contributed by atoms with Gasteiger partial charge in [0.05, 0.1) is 11.2 Å². The Morgan fingerprint density at radius 1 is 1.20 bits per heavy atom. The Morgan fingerprint density at radius 3 is 2.87 bits per heavy atom. The van der Waals surface area contributed by atoms with Crippen molar-refractivity contribution in [1.82, 2.24) is 4.98 Å². The zero-order chi connectivity index (χ0) is 10.7. The number of nitrogens with one attached hydrogen (secondary N) is 1. The molecule has 0 aliphatic heterocycles. The fourth-order valence-corrected chi connectivity index (χ4v) is 1.65. The summed E-state index contributed by atoms with van der Waals surface area (Å²) in [7, 11) is 0. The molecule has 0 amide bonds. The number of anilines is 1. The molecule has 2 aromatic rings. The van der Waals surface area contributed by atoms with Crippen molar-refractivity contribution in [1.29, 1.82) is 0 Å². The second-order valence-electron chi connectivity index (χ2n) is 3.76. The number of hydrogen-bond acceptors (Lipinski definition) is 2. The molecule has 78 valence electrons. The van der Waals surface area contributed by atoms with E-state index in [2.05, 4.69) is 41.5 Å². The summed E-state index contributed by atoms with van der Waals surface area (Å²) in [5.74, 6) is 0. The lowest BCUT2D eigenvalue weighted by molar-refractivity contribution is 0.980. The molecule has 0 radical (unpaired) electrons. The van der Waals surface area contributed by atoms with Crippen LogP contribution in [0.2, 0.25) is 0 Å². The number of para-hydroxylation sites is 1. The zero-order valence-corrected chi connectivity index (χ0v) is 9.25. The number of pyridine rings is 1. The minimum Gasteiger partial charge on any atom is -0.383 e. The van der Waals surface area contributed by atoms with Gasteiger partial charge in [0, 0.05) is 17.6 Å². The van der Waals surface area contributed by atoms with Crippen LogP contribution in [0.1, 0.15) is 19.0 Å². The van der Waals surface area contributed by atoms with Crippen LogP contribution in [0.15, 0.2) is 30.3 Å². The molecule has 0 fully saturated rings. The van der Waals surface area contributed by atoms with Crippen molar-refractivity contribution in [3.05, 3.63) is 36.0 Å². The van der Waals surface area contributed by atoms with E-state index in [1.165, 1.54) is 5.39 Å². The largest absolute Gasteiger partial charge is 0.383 e. The Balaban J connectivity index is 2.48. The van der Waals surface area contributed by atoms with Crippen molar-refractivity contribution in [3.8, 4) is 0 Å². The van der Waals surface area contributed by atoms with Crippen LogP contribution in [0.25, 0.3) is 10.9 Å². The lowest BCUT2D eigenvalue weighted by Crippen LogP contribution is -2.01. The average Bonchev–Trinajstić information content (AvgIpc) is 2.26. The lowest BCUT2D eigenvalue weighted by atomic mass is 10.1. The number of hydrogen-bond donors (Lipinski definition) is 1. The Hall–Kier alpha value is -1.57. The number of fused-ring (bicyclic) bond motifs is 1. The molecule has 1 heterocycles. The maximum atomic E-state index is 4.57. The van der Waals surface area contributed by atoms with Gasteiger partial charge >= 0.3 is 0 Å². The van der Waals surface area contributed by atoms with Crippen LogP contribution in [-0.4, -0.2) is 11.5 Å². The van der Waals surface area contributed by atoms with Gasteiger partial charge in [-0.15, -0.1) is 0 Å². The second-order valence-corrected chi connectivity index (χ2v) is 3.76. The van der Waals surface area contributed by atoms with Gasteiger partial charge in [-0.1, -0.05) is 25.1 Å². The van der Waals surface area contributed by atoms with E-state index in [1.54, 1.807) is 0 Å². The summed E-state index contributed by atoms with van der Waals surface area (Å²) in [6, 6.07) is 10.4. The monoisotopic (exact) mass is 200 g/mol. The molecule has 1 aromatic heterocycles. The van der Waals surface area contributed by atoms with Crippen LogP contribution in [0.4, 0.5) is 5.69 Å². The molecule has 0 saturated carbocycles. The van der Waals surface area contributed by atoms with Crippen LogP contribution in [0, 0.1) is 6.92 Å². The minimum absolute atomic E-state index is 0.995. The van der Waals surface area contributed by atoms with Gasteiger partial charge in [-0.3, -0.25) is 4.98 Å². The third kappa shape index (κ3) is 2.09. The van der Waals surface area contributed by atoms with Gasteiger partial charge in [-0.25, -0.2) is 0 Å². The van der Waals surface area contributed by atoms with Crippen molar-refractivity contribution in [2.45, 2.75) is 20.3 Å². The van der Waals surface area contributed by atoms with Gasteiger partial charge in [-0.2, -0.15) is 0 Å². The van der Waals surface area contributed by atoms with Crippen molar-refractivity contribution in [2.75, 3.05) is 11.9 Å². The molecule has 0 atom stereocenters. The maximum Gasteiger partial charge on any atom is 0.0936 e. The molecule has 2 nitrogen and oxygen atoms in total. The van der Waals surface area contributed by atoms with Gasteiger partial charge in [-0.05, 0) is 25.5 Å². The highest BCUT2D eigenvalue weighted by Gasteiger charge is 2.00. The third-order valence-electron chi connectivity index (χ3n) is 2.42. The molecule has 0 unspecified atom stereocenters. The molecule has 0 spiro atoms. The van der Waals surface area contributed by atoms with E-state index in [-0.39, 0.29) is 0 Å². The number of aromatic nitrogens is 1. The van der Waals surface area contributed by atoms with Crippen molar-refractivity contribution >= 4 is 16.6 Å². The summed E-state index contributed by atoms with van der Waals surface area (Å²) in [4.78, 5) is 4.57. The molecule has 0 bridgehead atoms. The van der Waals surface area contributed by atoms with Crippen LogP contribution >= 0.6 is 0 Å². The predicted molar refractivity (Wildman–Crippen MR) is 65.3 cm³/mol. The Kier molecular flexibility index (Phi) is 2.86. The fourth-order valence-electron chi connectivity index (χ4n) is 1.65. The second kappa shape index (κ2) is 4.30. The summed E-state index contributed by atoms with van der Waals surface area (Å²) in [6.45, 7) is 5.18. The van der Waals surface area contributed by atoms with E-state index in [1.807, 2.05) is 13.0 Å². The summed E-state index contributed by atoms with van der Waals surface area (Å²) in [5, 5.41) is 4.60. The van der Waals surface area contributed by atoms with Gasteiger partial charge < -0.3 is 5.32 Å². The molecule has 0 aliphatic carbocycles. The highest BCUT2D eigenvalue weighted by atomic mass is 14.9. The Labute approximate surface area is 90.3 Å². The SMILES string of the molecule is CCCNc1cccc2ccc(C)nc12. The predicted octanol–water partition coefficient (Wildman–Crippen LogP) is 3.37. The molecule has 1 N–H and O–H groups in total. The topological polar surface area (TPSA) is 24.9 Å². The summed E-state index contributed by atoms with van der Waals surface area (Å²) in [5.41, 5.74) is 3.28. The quantitative estimate of drug-likeness (QED) is 0.821. The van der Waals surface area contributed by atoms with Crippen LogP contribution in [0.5, 0.6) is 0 Å². The molecule has 2 rings (SSSR count). The minimum atomic E-state index is 0.995. The molecule has 0 saturated heterocycles. The maximum absolute atomic E-state index is 4.57. The smallest absolute Gasteiger partial charge is 0.0936 e. The highest BCUT2D eigenvalue weighted by molar-refractivity contribution is 5.90. The number of aryl methyl sites for hydroxylation is 1. The van der Waals surface area contributed by atoms with E-state index >= 15 is 0 Å². The lowest BCUT2D eigenvalue weighted by Gasteiger charge is -2.08. The van der Waals surface area contributed by atoms with Crippen LogP contribution < -0.4 is 5.32 Å². The standard InChI is InChI=1S/C13H16N2/c1-3-9-14-12-6-4-5-11-8-7-10(2)15-13(11)12/h4-8,14H,3,9H2,1-2H3. The third-order valence-corrected chi connectivity index (χ3v) is 2.42. The van der Waals surface area contributed by atoms with Gasteiger partial charge in [0.15, 0.2) is 0 Å². The molecule has 2 heteroatoms. The molecular formula is C13H16N2. The molecule has 15 heavy (non-hydrogen) atoms. The summed E-state index contributed by atoms with van der Waals surface area (Å²) in [6.07, 6.45) is 1.13. The molecule has 0 aliphatic rings. The van der Waals surface area contributed by atoms with Crippen molar-refractivity contribution in [3.63, 3.8) is 0 Å². The van der Waals surface area contributed by atoms with Crippen molar-refractivity contribution < 1.29 is 0 Å². The molecule has 1 aromatic carbocycles. The Morgan fingerprint density at radius 2 is 2.07 bits per heavy atom. The van der Waals surface area contributed by atoms with E-state index in [0.29, 0.717) is 0 Å². The molecular weight excluding hydrogens is 184 g/mol. The first-order chi connectivity index (χ1) is 7.31. The first-order valence-corrected chi connectivity index (χ1v) is 5.41. The Bertz CT molecular complexity index is 463. The van der Waals surface area contributed by atoms with E-state index in [9.17, 15) is 0 Å². The van der Waals surface area contributed by atoms with E-state index in [0.717, 1.165) is 29.9 Å². The average molecular weight is 200 g/mol. The fraction of sp³-hybridized carbons (Fsp3) is 0.308. The van der Waals surface area contributed by atoms with Gasteiger partial charge in [0.2, 0.25) is 0 Å². The zero-order valence-electron chi connectivity index (χ0n) is 9.25.